The Morgan fingerprint density at radius 2 is 2.00 bits per heavy atom. The van der Waals surface area contributed by atoms with Crippen LogP contribution in [-0.2, 0) is 4.74 Å². The maximum atomic E-state index is 5.91. The van der Waals surface area contributed by atoms with Gasteiger partial charge in [0.25, 0.3) is 0 Å². The molecule has 1 aromatic heterocycles. The van der Waals surface area contributed by atoms with Crippen molar-refractivity contribution >= 4 is 5.69 Å². The lowest BCUT2D eigenvalue weighted by Crippen LogP contribution is -2.58. The summed E-state index contributed by atoms with van der Waals surface area (Å²) in [5, 5.41) is 3.42. The van der Waals surface area contributed by atoms with Gasteiger partial charge in [-0.05, 0) is 18.1 Å². The van der Waals surface area contributed by atoms with Crippen molar-refractivity contribution in [1.29, 1.82) is 0 Å². The first-order valence-corrected chi connectivity index (χ1v) is 6.79. The molecule has 2 atom stereocenters. The Kier molecular flexibility index (Phi) is 3.22. The number of morpholine rings is 2. The molecule has 2 unspecified atom stereocenters. The minimum Gasteiger partial charge on any atom is -0.369 e. The van der Waals surface area contributed by atoms with Gasteiger partial charge in [-0.3, -0.25) is 4.98 Å². The predicted molar refractivity (Wildman–Crippen MR) is 72.1 cm³/mol. The number of ether oxygens (including phenoxy) is 1. The summed E-state index contributed by atoms with van der Waals surface area (Å²) < 4.78 is 5.91. The number of hydrogen-bond acceptors (Lipinski definition) is 4. The van der Waals surface area contributed by atoms with Crippen LogP contribution in [0.25, 0.3) is 0 Å². The van der Waals surface area contributed by atoms with Gasteiger partial charge in [-0.15, -0.1) is 0 Å². The fourth-order valence-electron chi connectivity index (χ4n) is 2.69. The molecule has 2 bridgehead atoms. The Morgan fingerprint density at radius 1 is 1.28 bits per heavy atom. The number of rotatable bonds is 2. The van der Waals surface area contributed by atoms with E-state index < -0.39 is 0 Å². The SMILES string of the molecule is CC(C)c1ccc(N2CC3CNCC(C2)O3)cn1. The second kappa shape index (κ2) is 4.86. The molecule has 4 nitrogen and oxygen atoms in total. The molecule has 2 aliphatic heterocycles. The second-order valence-corrected chi connectivity index (χ2v) is 5.54. The summed E-state index contributed by atoms with van der Waals surface area (Å²) >= 11 is 0. The lowest BCUT2D eigenvalue weighted by molar-refractivity contribution is -0.0484. The Balaban J connectivity index is 1.74. The minimum atomic E-state index is 0.322. The quantitative estimate of drug-likeness (QED) is 0.857. The highest BCUT2D eigenvalue weighted by atomic mass is 16.5. The molecule has 0 spiro atoms. The van der Waals surface area contributed by atoms with E-state index >= 15 is 0 Å². The average Bonchev–Trinajstić information content (AvgIpc) is 2.38. The summed E-state index contributed by atoms with van der Waals surface area (Å²) in [6.45, 7) is 8.20. The van der Waals surface area contributed by atoms with Gasteiger partial charge >= 0.3 is 0 Å². The van der Waals surface area contributed by atoms with Gasteiger partial charge in [-0.2, -0.15) is 0 Å². The minimum absolute atomic E-state index is 0.322. The molecule has 2 fully saturated rings. The van der Waals surface area contributed by atoms with Crippen LogP contribution < -0.4 is 10.2 Å². The van der Waals surface area contributed by atoms with Crippen LogP contribution in [0.3, 0.4) is 0 Å². The van der Waals surface area contributed by atoms with Gasteiger partial charge in [0.15, 0.2) is 0 Å². The van der Waals surface area contributed by atoms with E-state index in [1.807, 2.05) is 6.20 Å². The molecule has 1 N–H and O–H groups in total. The third-order valence-electron chi connectivity index (χ3n) is 3.70. The summed E-state index contributed by atoms with van der Waals surface area (Å²) in [4.78, 5) is 6.95. The lowest BCUT2D eigenvalue weighted by Gasteiger charge is -2.42. The molecule has 2 saturated heterocycles. The topological polar surface area (TPSA) is 37.4 Å². The van der Waals surface area contributed by atoms with Crippen molar-refractivity contribution in [1.82, 2.24) is 10.3 Å². The molecular weight excluding hydrogens is 226 g/mol. The van der Waals surface area contributed by atoms with Gasteiger partial charge < -0.3 is 15.0 Å². The first kappa shape index (κ1) is 11.9. The molecule has 2 aliphatic rings. The zero-order chi connectivity index (χ0) is 12.5. The summed E-state index contributed by atoms with van der Waals surface area (Å²) in [6, 6.07) is 4.33. The number of nitrogens with one attached hydrogen (secondary N) is 1. The molecule has 0 radical (unpaired) electrons. The van der Waals surface area contributed by atoms with Gasteiger partial charge in [0.2, 0.25) is 0 Å². The van der Waals surface area contributed by atoms with Crippen molar-refractivity contribution in [3.05, 3.63) is 24.0 Å². The van der Waals surface area contributed by atoms with Crippen LogP contribution in [0.4, 0.5) is 5.69 Å². The Hall–Kier alpha value is -1.13. The fourth-order valence-corrected chi connectivity index (χ4v) is 2.69. The van der Waals surface area contributed by atoms with Gasteiger partial charge in [0, 0.05) is 31.9 Å². The highest BCUT2D eigenvalue weighted by Gasteiger charge is 2.31. The van der Waals surface area contributed by atoms with Crippen LogP contribution in [0.15, 0.2) is 18.3 Å². The molecule has 3 heterocycles. The molecule has 3 rings (SSSR count). The van der Waals surface area contributed by atoms with Crippen molar-refractivity contribution in [2.45, 2.75) is 32.0 Å². The fraction of sp³-hybridized carbons (Fsp3) is 0.643. The number of pyridine rings is 1. The van der Waals surface area contributed by atoms with E-state index in [0.29, 0.717) is 18.1 Å². The first-order valence-electron chi connectivity index (χ1n) is 6.79. The number of anilines is 1. The van der Waals surface area contributed by atoms with Crippen molar-refractivity contribution in [2.24, 2.45) is 0 Å². The van der Waals surface area contributed by atoms with E-state index in [9.17, 15) is 0 Å². The lowest BCUT2D eigenvalue weighted by atomic mass is 10.1. The number of hydrogen-bond donors (Lipinski definition) is 1. The standard InChI is InChI=1S/C14H21N3O/c1-10(2)14-4-3-11(5-16-14)17-8-12-6-15-7-13(9-17)18-12/h3-5,10,12-13,15H,6-9H2,1-2H3. The third kappa shape index (κ3) is 2.35. The zero-order valence-electron chi connectivity index (χ0n) is 11.1. The normalized spacial score (nSPS) is 27.6. The number of nitrogens with zero attached hydrogens (tertiary/aromatic N) is 2. The van der Waals surface area contributed by atoms with Crippen LogP contribution >= 0.6 is 0 Å². The summed E-state index contributed by atoms with van der Waals surface area (Å²) in [7, 11) is 0. The molecule has 0 amide bonds. The van der Waals surface area contributed by atoms with Gasteiger partial charge in [0.1, 0.15) is 0 Å². The third-order valence-corrected chi connectivity index (χ3v) is 3.70. The summed E-state index contributed by atoms with van der Waals surface area (Å²) in [5.41, 5.74) is 2.38. The highest BCUT2D eigenvalue weighted by Crippen LogP contribution is 2.22. The maximum Gasteiger partial charge on any atom is 0.0879 e. The second-order valence-electron chi connectivity index (χ2n) is 5.54. The van der Waals surface area contributed by atoms with E-state index in [4.69, 9.17) is 4.74 Å². The van der Waals surface area contributed by atoms with Crippen molar-refractivity contribution < 1.29 is 4.74 Å². The molecule has 4 heteroatoms. The Morgan fingerprint density at radius 3 is 2.56 bits per heavy atom. The van der Waals surface area contributed by atoms with Gasteiger partial charge in [-0.1, -0.05) is 13.8 Å². The van der Waals surface area contributed by atoms with Gasteiger partial charge in [-0.25, -0.2) is 0 Å². The van der Waals surface area contributed by atoms with Crippen LogP contribution in [0.2, 0.25) is 0 Å². The average molecular weight is 247 g/mol. The predicted octanol–water partition coefficient (Wildman–Crippen LogP) is 1.38. The van der Waals surface area contributed by atoms with Crippen LogP contribution in [0, 0.1) is 0 Å². The molecule has 18 heavy (non-hydrogen) atoms. The van der Waals surface area contributed by atoms with E-state index in [2.05, 4.69) is 41.2 Å². The van der Waals surface area contributed by atoms with E-state index in [1.165, 1.54) is 5.69 Å². The highest BCUT2D eigenvalue weighted by molar-refractivity contribution is 5.45. The zero-order valence-corrected chi connectivity index (χ0v) is 11.1. The molecule has 98 valence electrons. The molecular formula is C14H21N3O. The first-order chi connectivity index (χ1) is 8.72. The molecule has 0 aliphatic carbocycles. The van der Waals surface area contributed by atoms with Crippen molar-refractivity contribution in [3.8, 4) is 0 Å². The number of aromatic nitrogens is 1. The molecule has 0 aromatic carbocycles. The van der Waals surface area contributed by atoms with Crippen LogP contribution in [-0.4, -0.2) is 43.4 Å². The van der Waals surface area contributed by atoms with Crippen molar-refractivity contribution in [3.63, 3.8) is 0 Å². The Labute approximate surface area is 108 Å². The van der Waals surface area contributed by atoms with Crippen LogP contribution in [0.1, 0.15) is 25.5 Å². The monoisotopic (exact) mass is 247 g/mol. The van der Waals surface area contributed by atoms with E-state index in [0.717, 1.165) is 31.9 Å². The molecule has 0 saturated carbocycles. The summed E-state index contributed by atoms with van der Waals surface area (Å²) in [6.07, 6.45) is 2.65. The van der Waals surface area contributed by atoms with Crippen molar-refractivity contribution in [2.75, 3.05) is 31.1 Å². The largest absolute Gasteiger partial charge is 0.369 e. The Bertz CT molecular complexity index is 392. The van der Waals surface area contributed by atoms with E-state index in [-0.39, 0.29) is 0 Å². The summed E-state index contributed by atoms with van der Waals surface area (Å²) in [5.74, 6) is 0.493. The molecule has 1 aromatic rings. The van der Waals surface area contributed by atoms with E-state index in [1.54, 1.807) is 0 Å². The maximum absolute atomic E-state index is 5.91. The smallest absolute Gasteiger partial charge is 0.0879 e. The van der Waals surface area contributed by atoms with Gasteiger partial charge in [0.05, 0.1) is 24.1 Å². The number of fused-ring (bicyclic) bond motifs is 2. The van der Waals surface area contributed by atoms with Crippen LogP contribution in [0.5, 0.6) is 0 Å².